The van der Waals surface area contributed by atoms with Crippen LogP contribution in [0.15, 0.2) is 30.3 Å². The molecule has 16 heteroatoms. The number of piperazine rings is 1. The number of anilines is 2. The zero-order valence-electron chi connectivity index (χ0n) is 21.3. The number of rotatable bonds is 8. The highest BCUT2D eigenvalue weighted by Crippen LogP contribution is 2.32. The predicted molar refractivity (Wildman–Crippen MR) is 132 cm³/mol. The average Bonchev–Trinajstić information content (AvgIpc) is 2.88. The van der Waals surface area contributed by atoms with E-state index < -0.39 is 66.1 Å². The first-order valence-corrected chi connectivity index (χ1v) is 12.5. The van der Waals surface area contributed by atoms with Crippen LogP contribution in [0.25, 0.3) is 0 Å². The van der Waals surface area contributed by atoms with Crippen molar-refractivity contribution in [1.82, 2.24) is 10.2 Å². The highest BCUT2D eigenvalue weighted by molar-refractivity contribution is 6.31. The maximum atomic E-state index is 14.7. The molecule has 41 heavy (non-hydrogen) atoms. The van der Waals surface area contributed by atoms with Crippen LogP contribution in [0.2, 0.25) is 5.02 Å². The number of benzene rings is 2. The van der Waals surface area contributed by atoms with Crippen molar-refractivity contribution >= 4 is 34.8 Å². The van der Waals surface area contributed by atoms with Crippen molar-refractivity contribution in [2.45, 2.75) is 44.5 Å². The summed E-state index contributed by atoms with van der Waals surface area (Å²) in [6.07, 6.45) is -14.6. The minimum Gasteiger partial charge on any atom is -0.367 e. The number of hydrogen-bond donors (Lipinski definition) is 2. The van der Waals surface area contributed by atoms with Gasteiger partial charge in [0.05, 0.1) is 23.4 Å². The van der Waals surface area contributed by atoms with Crippen molar-refractivity contribution in [3.63, 3.8) is 0 Å². The van der Waals surface area contributed by atoms with Gasteiger partial charge in [-0.1, -0.05) is 17.7 Å². The molecule has 1 aliphatic heterocycles. The largest absolute Gasteiger partial charge is 0.428 e. The molecular weight excluding hydrogens is 595 g/mol. The predicted octanol–water partition coefficient (Wildman–Crippen LogP) is 5.85. The van der Waals surface area contributed by atoms with E-state index in [4.69, 9.17) is 11.6 Å². The lowest BCUT2D eigenvalue weighted by atomic mass is 10.1. The zero-order chi connectivity index (χ0) is 30.7. The molecule has 6 nitrogen and oxygen atoms in total. The minimum absolute atomic E-state index is 0.146. The van der Waals surface area contributed by atoms with Gasteiger partial charge in [0.25, 0.3) is 18.0 Å². The SMILES string of the molecule is C[C@@H]1CN(c2cc(Cl)ccc2NC(=O)c2ccc(CNC(=O)C(F)C(F)(F)F)c(F)c2F)CCN1CCC(F)(F)F. The van der Waals surface area contributed by atoms with Gasteiger partial charge >= 0.3 is 12.4 Å². The number of nitrogens with zero attached hydrogens (tertiary/aromatic N) is 2. The maximum absolute atomic E-state index is 14.7. The molecule has 1 aliphatic rings. The summed E-state index contributed by atoms with van der Waals surface area (Å²) in [4.78, 5) is 27.6. The Morgan fingerprint density at radius 3 is 2.34 bits per heavy atom. The number of hydrogen-bond acceptors (Lipinski definition) is 4. The molecule has 2 atom stereocenters. The summed E-state index contributed by atoms with van der Waals surface area (Å²) in [6, 6.07) is 5.71. The molecule has 0 saturated carbocycles. The second-order valence-electron chi connectivity index (χ2n) is 9.33. The summed E-state index contributed by atoms with van der Waals surface area (Å²) < 4.78 is 117. The minimum atomic E-state index is -5.48. The zero-order valence-corrected chi connectivity index (χ0v) is 22.0. The van der Waals surface area contributed by atoms with Crippen LogP contribution in [-0.4, -0.2) is 67.5 Å². The Morgan fingerprint density at radius 1 is 1.05 bits per heavy atom. The molecule has 2 N–H and O–H groups in total. The topological polar surface area (TPSA) is 64.7 Å². The van der Waals surface area contributed by atoms with Crippen LogP contribution < -0.4 is 15.5 Å². The first-order valence-electron chi connectivity index (χ1n) is 12.1. The van der Waals surface area contributed by atoms with Crippen LogP contribution in [0.5, 0.6) is 0 Å². The monoisotopic (exact) mass is 618 g/mol. The molecule has 2 amide bonds. The highest BCUT2D eigenvalue weighted by atomic mass is 35.5. The number of carbonyl (C=O) groups is 2. The van der Waals surface area contributed by atoms with E-state index in [0.717, 1.165) is 12.1 Å². The van der Waals surface area contributed by atoms with Gasteiger partial charge < -0.3 is 15.5 Å². The molecule has 0 radical (unpaired) electrons. The third-order valence-electron chi connectivity index (χ3n) is 6.37. The lowest BCUT2D eigenvalue weighted by Crippen LogP contribution is -2.52. The summed E-state index contributed by atoms with van der Waals surface area (Å²) in [5, 5.41) is 4.23. The molecule has 1 fully saturated rings. The van der Waals surface area contributed by atoms with Crippen LogP contribution in [-0.2, 0) is 11.3 Å². The molecule has 0 aromatic heterocycles. The summed E-state index contributed by atoms with van der Waals surface area (Å²) in [7, 11) is 0. The first kappa shape index (κ1) is 32.3. The Labute approximate surface area is 233 Å². The number of alkyl halides is 7. The fourth-order valence-corrected chi connectivity index (χ4v) is 4.37. The Hall–Kier alpha value is -3.20. The van der Waals surface area contributed by atoms with E-state index in [1.165, 1.54) is 23.5 Å². The third kappa shape index (κ3) is 8.41. The van der Waals surface area contributed by atoms with Gasteiger partial charge in [0.1, 0.15) is 0 Å². The molecule has 0 bridgehead atoms. The van der Waals surface area contributed by atoms with Gasteiger partial charge in [0.2, 0.25) is 0 Å². The molecule has 1 heterocycles. The first-order chi connectivity index (χ1) is 19.0. The Kier molecular flexibility index (Phi) is 10.1. The van der Waals surface area contributed by atoms with Crippen molar-refractivity contribution < 1.29 is 49.1 Å². The van der Waals surface area contributed by atoms with Gasteiger partial charge in [0.15, 0.2) is 11.6 Å². The van der Waals surface area contributed by atoms with Crippen LogP contribution in [0.4, 0.5) is 50.9 Å². The van der Waals surface area contributed by atoms with Crippen molar-refractivity contribution in [2.24, 2.45) is 0 Å². The lowest BCUT2D eigenvalue weighted by Gasteiger charge is -2.41. The number of carbonyl (C=O) groups excluding carboxylic acids is 2. The van der Waals surface area contributed by atoms with Crippen molar-refractivity contribution in [3.05, 3.63) is 58.1 Å². The van der Waals surface area contributed by atoms with Gasteiger partial charge in [-0.2, -0.15) is 26.3 Å². The summed E-state index contributed by atoms with van der Waals surface area (Å²) in [5.41, 5.74) is -0.875. The summed E-state index contributed by atoms with van der Waals surface area (Å²) >= 11 is 6.11. The molecule has 3 rings (SSSR count). The van der Waals surface area contributed by atoms with E-state index in [1.807, 2.05) is 0 Å². The van der Waals surface area contributed by atoms with Gasteiger partial charge in [-0.3, -0.25) is 14.5 Å². The average molecular weight is 619 g/mol. The second-order valence-corrected chi connectivity index (χ2v) is 9.77. The van der Waals surface area contributed by atoms with Crippen LogP contribution in [0, 0.1) is 11.6 Å². The Balaban J connectivity index is 1.73. The smallest absolute Gasteiger partial charge is 0.367 e. The number of halogens is 10. The molecule has 0 spiro atoms. The normalized spacial score (nSPS) is 17.3. The summed E-state index contributed by atoms with van der Waals surface area (Å²) in [6.45, 7) is 1.42. The third-order valence-corrected chi connectivity index (χ3v) is 6.61. The molecular formula is C25H24ClF9N4O2. The maximum Gasteiger partial charge on any atom is 0.428 e. The van der Waals surface area contributed by atoms with E-state index >= 15 is 0 Å². The fraction of sp³-hybridized carbons (Fsp3) is 0.440. The summed E-state index contributed by atoms with van der Waals surface area (Å²) in [5.74, 6) is -6.49. The van der Waals surface area contributed by atoms with E-state index in [2.05, 4.69) is 5.32 Å². The van der Waals surface area contributed by atoms with Gasteiger partial charge in [-0.25, -0.2) is 13.2 Å². The molecule has 226 valence electrons. The fourth-order valence-electron chi connectivity index (χ4n) is 4.20. The molecule has 0 aliphatic carbocycles. The second kappa shape index (κ2) is 12.8. The highest BCUT2D eigenvalue weighted by Gasteiger charge is 2.45. The molecule has 1 unspecified atom stereocenters. The Morgan fingerprint density at radius 2 is 1.73 bits per heavy atom. The van der Waals surface area contributed by atoms with Crippen LogP contribution >= 0.6 is 11.6 Å². The van der Waals surface area contributed by atoms with Crippen molar-refractivity contribution in [3.8, 4) is 0 Å². The van der Waals surface area contributed by atoms with E-state index in [9.17, 15) is 49.1 Å². The molecule has 2 aromatic carbocycles. The number of amides is 2. The number of nitrogens with one attached hydrogen (secondary N) is 2. The standard InChI is InChI=1S/C25H24ClF9N4O2/c1-13-12-39(9-8-38(13)7-6-24(30,31)32)18-10-15(26)3-5-17(18)37-22(40)16-4-2-14(19(27)20(16)28)11-36-23(41)21(29)25(33,34)35/h2-5,10,13,21H,6-9,11-12H2,1H3,(H,36,41)(H,37,40)/t13-,21?/m1/s1. The molecule has 1 saturated heterocycles. The van der Waals surface area contributed by atoms with Gasteiger partial charge in [-0.05, 0) is 31.2 Å². The quantitative estimate of drug-likeness (QED) is 0.365. The Bertz CT molecular complexity index is 1270. The van der Waals surface area contributed by atoms with E-state index in [1.54, 1.807) is 16.7 Å². The van der Waals surface area contributed by atoms with Crippen LogP contribution in [0.3, 0.4) is 0 Å². The van der Waals surface area contributed by atoms with Crippen molar-refractivity contribution in [1.29, 1.82) is 0 Å². The van der Waals surface area contributed by atoms with E-state index in [0.29, 0.717) is 5.69 Å². The lowest BCUT2D eigenvalue weighted by molar-refractivity contribution is -0.186. The van der Waals surface area contributed by atoms with Gasteiger partial charge in [0, 0.05) is 49.4 Å². The van der Waals surface area contributed by atoms with Crippen LogP contribution in [0.1, 0.15) is 29.3 Å². The van der Waals surface area contributed by atoms with Gasteiger partial charge in [-0.15, -0.1) is 0 Å². The van der Waals surface area contributed by atoms with E-state index in [-0.39, 0.29) is 42.9 Å². The molecule has 2 aromatic rings. The van der Waals surface area contributed by atoms with Crippen molar-refractivity contribution in [2.75, 3.05) is 36.4 Å².